The summed E-state index contributed by atoms with van der Waals surface area (Å²) in [4.78, 5) is 2.44. The van der Waals surface area contributed by atoms with Crippen LogP contribution in [0.25, 0.3) is 0 Å². The quantitative estimate of drug-likeness (QED) is 0.654. The topological polar surface area (TPSA) is 12.5 Å². The molecule has 0 aliphatic carbocycles. The molecule has 1 rings (SSSR count). The van der Waals surface area contributed by atoms with E-state index in [2.05, 4.69) is 18.7 Å². The van der Waals surface area contributed by atoms with Crippen LogP contribution in [0.2, 0.25) is 0 Å². The highest BCUT2D eigenvalue weighted by Crippen LogP contribution is 2.21. The zero-order valence-electron chi connectivity index (χ0n) is 8.79. The molecule has 0 saturated carbocycles. The largest absolute Gasteiger partial charge is 0.380 e. The zero-order chi connectivity index (χ0) is 9.84. The summed E-state index contributed by atoms with van der Waals surface area (Å²) in [7, 11) is 1.77. The summed E-state index contributed by atoms with van der Waals surface area (Å²) < 4.78 is 5.24. The Kier molecular flexibility index (Phi) is 4.50. The number of rotatable bonds is 3. The second-order valence-electron chi connectivity index (χ2n) is 4.09. The Hall–Kier alpha value is 0.210. The standard InChI is InChI=1S/C10H20ClNO/c1-8-6-12(5-4-10(8)11)7-9(2)13-3/h8-10H,4-7H2,1-3H3. The third-order valence-corrected chi connectivity index (χ3v) is 3.45. The Morgan fingerprint density at radius 1 is 1.62 bits per heavy atom. The molecule has 0 bridgehead atoms. The van der Waals surface area contributed by atoms with Gasteiger partial charge in [-0.3, -0.25) is 0 Å². The van der Waals surface area contributed by atoms with Gasteiger partial charge in [0.25, 0.3) is 0 Å². The molecule has 3 heteroatoms. The molecule has 0 aromatic heterocycles. The van der Waals surface area contributed by atoms with E-state index in [4.69, 9.17) is 16.3 Å². The minimum absolute atomic E-state index is 0.332. The van der Waals surface area contributed by atoms with Crippen molar-refractivity contribution >= 4 is 11.6 Å². The summed E-state index contributed by atoms with van der Waals surface area (Å²) in [6, 6.07) is 0. The molecule has 1 fully saturated rings. The van der Waals surface area contributed by atoms with Gasteiger partial charge in [-0.2, -0.15) is 0 Å². The number of nitrogens with zero attached hydrogens (tertiary/aromatic N) is 1. The summed E-state index contributed by atoms with van der Waals surface area (Å²) in [6.07, 6.45) is 1.44. The van der Waals surface area contributed by atoms with Gasteiger partial charge in [-0.25, -0.2) is 0 Å². The molecule has 78 valence electrons. The van der Waals surface area contributed by atoms with Gasteiger partial charge in [-0.15, -0.1) is 11.6 Å². The van der Waals surface area contributed by atoms with Crippen LogP contribution < -0.4 is 0 Å². The fourth-order valence-electron chi connectivity index (χ4n) is 1.81. The molecule has 0 amide bonds. The van der Waals surface area contributed by atoms with Crippen LogP contribution in [0.15, 0.2) is 0 Å². The number of piperidine rings is 1. The maximum absolute atomic E-state index is 6.14. The van der Waals surface area contributed by atoms with Crippen molar-refractivity contribution < 1.29 is 4.74 Å². The molecule has 0 N–H and O–H groups in total. The third-order valence-electron chi connectivity index (χ3n) is 2.80. The number of halogens is 1. The number of ether oxygens (including phenoxy) is 1. The highest BCUT2D eigenvalue weighted by Gasteiger charge is 2.24. The normalized spacial score (nSPS) is 33.2. The van der Waals surface area contributed by atoms with E-state index in [1.807, 2.05) is 0 Å². The molecular weight excluding hydrogens is 186 g/mol. The van der Waals surface area contributed by atoms with E-state index in [0.29, 0.717) is 17.4 Å². The van der Waals surface area contributed by atoms with Gasteiger partial charge in [0, 0.05) is 25.6 Å². The van der Waals surface area contributed by atoms with E-state index in [9.17, 15) is 0 Å². The van der Waals surface area contributed by atoms with Crippen LogP contribution in [0.1, 0.15) is 20.3 Å². The van der Waals surface area contributed by atoms with Crippen molar-refractivity contribution in [1.82, 2.24) is 4.90 Å². The van der Waals surface area contributed by atoms with Gasteiger partial charge in [0.15, 0.2) is 0 Å². The van der Waals surface area contributed by atoms with Crippen LogP contribution in [0.3, 0.4) is 0 Å². The molecule has 1 aliphatic heterocycles. The van der Waals surface area contributed by atoms with Crippen molar-refractivity contribution in [3.63, 3.8) is 0 Å². The molecular formula is C10H20ClNO. The zero-order valence-corrected chi connectivity index (χ0v) is 9.55. The van der Waals surface area contributed by atoms with Crippen molar-refractivity contribution in [1.29, 1.82) is 0 Å². The number of likely N-dealkylation sites (tertiary alicyclic amines) is 1. The molecule has 3 unspecified atom stereocenters. The molecule has 0 aromatic rings. The SMILES string of the molecule is COC(C)CN1CCC(Cl)C(C)C1. The van der Waals surface area contributed by atoms with Crippen LogP contribution in [0.4, 0.5) is 0 Å². The van der Waals surface area contributed by atoms with Gasteiger partial charge in [0.05, 0.1) is 6.10 Å². The minimum Gasteiger partial charge on any atom is -0.380 e. The van der Waals surface area contributed by atoms with Crippen LogP contribution in [0.5, 0.6) is 0 Å². The first-order valence-corrected chi connectivity index (χ1v) is 5.46. The van der Waals surface area contributed by atoms with Crippen LogP contribution >= 0.6 is 11.6 Å². The highest BCUT2D eigenvalue weighted by molar-refractivity contribution is 6.20. The van der Waals surface area contributed by atoms with Gasteiger partial charge in [-0.1, -0.05) is 6.92 Å². The molecule has 0 spiro atoms. The van der Waals surface area contributed by atoms with Crippen molar-refractivity contribution in [2.75, 3.05) is 26.7 Å². The molecule has 1 heterocycles. The highest BCUT2D eigenvalue weighted by atomic mass is 35.5. The molecule has 2 nitrogen and oxygen atoms in total. The van der Waals surface area contributed by atoms with Gasteiger partial charge >= 0.3 is 0 Å². The van der Waals surface area contributed by atoms with Crippen molar-refractivity contribution in [2.45, 2.75) is 31.7 Å². The average Bonchev–Trinajstić information content (AvgIpc) is 2.11. The monoisotopic (exact) mass is 205 g/mol. The molecule has 13 heavy (non-hydrogen) atoms. The smallest absolute Gasteiger partial charge is 0.0670 e. The van der Waals surface area contributed by atoms with Crippen LogP contribution in [-0.4, -0.2) is 43.1 Å². The predicted molar refractivity (Wildman–Crippen MR) is 56.3 cm³/mol. The first-order chi connectivity index (χ1) is 6.13. The summed E-state index contributed by atoms with van der Waals surface area (Å²) in [5.74, 6) is 0.611. The lowest BCUT2D eigenvalue weighted by Gasteiger charge is -2.35. The summed E-state index contributed by atoms with van der Waals surface area (Å²) in [5.41, 5.74) is 0. The Morgan fingerprint density at radius 2 is 2.31 bits per heavy atom. The van der Waals surface area contributed by atoms with E-state index in [0.717, 1.165) is 26.1 Å². The number of alkyl halides is 1. The molecule has 0 aromatic carbocycles. The maximum atomic E-state index is 6.14. The first-order valence-electron chi connectivity index (χ1n) is 5.02. The number of methoxy groups -OCH3 is 1. The minimum atomic E-state index is 0.332. The van der Waals surface area contributed by atoms with Crippen LogP contribution in [-0.2, 0) is 4.74 Å². The predicted octanol–water partition coefficient (Wildman–Crippen LogP) is 1.97. The third kappa shape index (κ3) is 3.45. The first kappa shape index (κ1) is 11.3. The van der Waals surface area contributed by atoms with Crippen LogP contribution in [0, 0.1) is 5.92 Å². The van der Waals surface area contributed by atoms with Crippen molar-refractivity contribution in [3.05, 3.63) is 0 Å². The lowest BCUT2D eigenvalue weighted by atomic mass is 9.99. The Balaban J connectivity index is 2.29. The van der Waals surface area contributed by atoms with Crippen molar-refractivity contribution in [2.24, 2.45) is 5.92 Å². The lowest BCUT2D eigenvalue weighted by Crippen LogP contribution is -2.43. The number of hydrogen-bond acceptors (Lipinski definition) is 2. The Labute approximate surface area is 86.2 Å². The molecule has 3 atom stereocenters. The Morgan fingerprint density at radius 3 is 2.85 bits per heavy atom. The molecule has 1 saturated heterocycles. The second kappa shape index (κ2) is 5.18. The molecule has 0 radical (unpaired) electrons. The van der Waals surface area contributed by atoms with E-state index in [-0.39, 0.29) is 0 Å². The Bertz CT molecular complexity index is 152. The van der Waals surface area contributed by atoms with E-state index >= 15 is 0 Å². The summed E-state index contributed by atoms with van der Waals surface area (Å²) in [6.45, 7) is 7.59. The van der Waals surface area contributed by atoms with Crippen molar-refractivity contribution in [3.8, 4) is 0 Å². The summed E-state index contributed by atoms with van der Waals surface area (Å²) >= 11 is 6.14. The maximum Gasteiger partial charge on any atom is 0.0670 e. The van der Waals surface area contributed by atoms with Gasteiger partial charge < -0.3 is 9.64 Å². The van der Waals surface area contributed by atoms with E-state index in [1.165, 1.54) is 0 Å². The fraction of sp³-hybridized carbons (Fsp3) is 1.00. The average molecular weight is 206 g/mol. The summed E-state index contributed by atoms with van der Waals surface area (Å²) in [5, 5.41) is 0.370. The molecule has 1 aliphatic rings. The number of hydrogen-bond donors (Lipinski definition) is 0. The van der Waals surface area contributed by atoms with E-state index in [1.54, 1.807) is 7.11 Å². The fourth-order valence-corrected chi connectivity index (χ4v) is 1.98. The van der Waals surface area contributed by atoms with E-state index < -0.39 is 0 Å². The lowest BCUT2D eigenvalue weighted by molar-refractivity contribution is 0.0620. The second-order valence-corrected chi connectivity index (χ2v) is 4.65. The van der Waals surface area contributed by atoms with Gasteiger partial charge in [-0.05, 0) is 25.8 Å². The van der Waals surface area contributed by atoms with Gasteiger partial charge in [0.1, 0.15) is 0 Å². The van der Waals surface area contributed by atoms with Gasteiger partial charge in [0.2, 0.25) is 0 Å².